The van der Waals surface area contributed by atoms with Gasteiger partial charge in [-0.05, 0) is 13.0 Å². The van der Waals surface area contributed by atoms with Crippen LogP contribution in [0.3, 0.4) is 0 Å². The summed E-state index contributed by atoms with van der Waals surface area (Å²) in [6.07, 6.45) is 0.848. The average Bonchev–Trinajstić information content (AvgIpc) is 2.27. The minimum absolute atomic E-state index is 0.412. The van der Waals surface area contributed by atoms with Gasteiger partial charge in [-0.1, -0.05) is 23.8 Å². The monoisotopic (exact) mass is 220 g/mol. The Balaban J connectivity index is 2.92. The van der Waals surface area contributed by atoms with E-state index in [0.717, 1.165) is 18.7 Å². The fourth-order valence-electron chi connectivity index (χ4n) is 1.17. The average molecular weight is 220 g/mol. The summed E-state index contributed by atoms with van der Waals surface area (Å²) in [6.45, 7) is 1.85. The molecule has 1 aromatic rings. The van der Waals surface area contributed by atoms with E-state index in [4.69, 9.17) is 0 Å². The van der Waals surface area contributed by atoms with Gasteiger partial charge in [-0.2, -0.15) is 0 Å². The summed E-state index contributed by atoms with van der Waals surface area (Å²) >= 11 is 0. The van der Waals surface area contributed by atoms with Crippen LogP contribution in [0.2, 0.25) is 0 Å². The van der Waals surface area contributed by atoms with Crippen molar-refractivity contribution in [2.45, 2.75) is 6.92 Å². The Morgan fingerprint density at radius 3 is 2.62 bits per heavy atom. The third-order valence-electron chi connectivity index (χ3n) is 1.96. The predicted molar refractivity (Wildman–Crippen MR) is 58.2 cm³/mol. The van der Waals surface area contributed by atoms with Gasteiger partial charge in [-0.15, -0.1) is 0 Å². The number of ketones is 1. The van der Waals surface area contributed by atoms with Crippen molar-refractivity contribution in [2.24, 2.45) is 0 Å². The first-order valence-corrected chi connectivity index (χ1v) is 4.64. The van der Waals surface area contributed by atoms with E-state index in [1.807, 2.05) is 13.0 Å². The van der Waals surface area contributed by atoms with Crippen LogP contribution < -0.4 is 0 Å². The second kappa shape index (κ2) is 5.11. The van der Waals surface area contributed by atoms with Crippen molar-refractivity contribution in [3.05, 3.63) is 47.2 Å². The molecular weight excluding hydrogens is 208 g/mol. The van der Waals surface area contributed by atoms with E-state index < -0.39 is 17.5 Å². The van der Waals surface area contributed by atoms with Crippen LogP contribution in [-0.2, 0) is 9.53 Å². The number of carbonyl (C=O) groups excluding carboxylic acids is 2. The molecule has 0 unspecified atom stereocenters. The summed E-state index contributed by atoms with van der Waals surface area (Å²) in [5, 5.41) is 9.18. The largest absolute Gasteiger partial charge is 0.502 e. The number of benzene rings is 1. The SMILES string of the molecule is COC(=O)/C(O)=C/C(=O)c1cccc(C)c1. The highest BCUT2D eigenvalue weighted by Crippen LogP contribution is 2.06. The topological polar surface area (TPSA) is 63.6 Å². The highest BCUT2D eigenvalue weighted by atomic mass is 16.5. The molecule has 1 N–H and O–H groups in total. The first kappa shape index (κ1) is 12.0. The fourth-order valence-corrected chi connectivity index (χ4v) is 1.17. The normalized spacial score (nSPS) is 11.0. The summed E-state index contributed by atoms with van der Waals surface area (Å²) in [6, 6.07) is 6.85. The zero-order chi connectivity index (χ0) is 12.1. The summed E-state index contributed by atoms with van der Waals surface area (Å²) in [7, 11) is 1.13. The summed E-state index contributed by atoms with van der Waals surface area (Å²) in [5.74, 6) is -2.07. The molecule has 0 atom stereocenters. The third kappa shape index (κ3) is 2.95. The van der Waals surface area contributed by atoms with Crippen molar-refractivity contribution in [1.29, 1.82) is 0 Å². The number of hydrogen-bond acceptors (Lipinski definition) is 4. The maximum Gasteiger partial charge on any atom is 0.373 e. The van der Waals surface area contributed by atoms with E-state index in [-0.39, 0.29) is 0 Å². The highest BCUT2D eigenvalue weighted by Gasteiger charge is 2.10. The molecule has 0 fully saturated rings. The van der Waals surface area contributed by atoms with E-state index in [0.29, 0.717) is 5.56 Å². The van der Waals surface area contributed by atoms with E-state index in [1.165, 1.54) is 0 Å². The Morgan fingerprint density at radius 2 is 2.06 bits per heavy atom. The fraction of sp³-hybridized carbons (Fsp3) is 0.167. The number of hydrogen-bond donors (Lipinski definition) is 1. The first-order valence-electron chi connectivity index (χ1n) is 4.64. The minimum Gasteiger partial charge on any atom is -0.502 e. The zero-order valence-corrected chi connectivity index (χ0v) is 9.06. The number of allylic oxidation sites excluding steroid dienone is 1. The Hall–Kier alpha value is -2.10. The Morgan fingerprint density at radius 1 is 1.38 bits per heavy atom. The van der Waals surface area contributed by atoms with Gasteiger partial charge in [0.1, 0.15) is 0 Å². The van der Waals surface area contributed by atoms with Crippen LogP contribution >= 0.6 is 0 Å². The molecule has 0 aliphatic heterocycles. The second-order valence-electron chi connectivity index (χ2n) is 3.25. The molecule has 4 nitrogen and oxygen atoms in total. The van der Waals surface area contributed by atoms with Gasteiger partial charge in [-0.25, -0.2) is 4.79 Å². The lowest BCUT2D eigenvalue weighted by molar-refractivity contribution is -0.139. The van der Waals surface area contributed by atoms with Crippen LogP contribution in [-0.4, -0.2) is 24.0 Å². The molecule has 84 valence electrons. The van der Waals surface area contributed by atoms with E-state index >= 15 is 0 Å². The lowest BCUT2D eigenvalue weighted by Crippen LogP contribution is -2.07. The number of aliphatic hydroxyl groups excluding tert-OH is 1. The third-order valence-corrected chi connectivity index (χ3v) is 1.96. The van der Waals surface area contributed by atoms with Crippen molar-refractivity contribution in [3.8, 4) is 0 Å². The highest BCUT2D eigenvalue weighted by molar-refractivity contribution is 6.07. The number of aliphatic hydroxyl groups is 1. The number of ether oxygens (including phenoxy) is 1. The minimum atomic E-state index is -0.930. The van der Waals surface area contributed by atoms with Crippen molar-refractivity contribution >= 4 is 11.8 Å². The van der Waals surface area contributed by atoms with E-state index in [1.54, 1.807) is 18.2 Å². The van der Waals surface area contributed by atoms with Gasteiger partial charge in [0.2, 0.25) is 5.76 Å². The van der Waals surface area contributed by atoms with Crippen molar-refractivity contribution in [2.75, 3.05) is 7.11 Å². The van der Waals surface area contributed by atoms with Crippen LogP contribution in [0.4, 0.5) is 0 Å². The van der Waals surface area contributed by atoms with Crippen molar-refractivity contribution < 1.29 is 19.4 Å². The molecule has 0 saturated carbocycles. The molecular formula is C12H12O4. The number of aryl methyl sites for hydroxylation is 1. The lowest BCUT2D eigenvalue weighted by atomic mass is 10.1. The predicted octanol–water partition coefficient (Wildman–Crippen LogP) is 1.79. The summed E-state index contributed by atoms with van der Waals surface area (Å²) in [4.78, 5) is 22.4. The molecule has 0 amide bonds. The molecule has 16 heavy (non-hydrogen) atoms. The number of rotatable bonds is 3. The molecule has 0 aliphatic rings. The van der Waals surface area contributed by atoms with Crippen LogP contribution in [0.1, 0.15) is 15.9 Å². The summed E-state index contributed by atoms with van der Waals surface area (Å²) < 4.78 is 4.26. The number of methoxy groups -OCH3 is 1. The zero-order valence-electron chi connectivity index (χ0n) is 9.06. The maximum absolute atomic E-state index is 11.6. The Labute approximate surface area is 93.2 Å². The van der Waals surface area contributed by atoms with Gasteiger partial charge in [0, 0.05) is 11.6 Å². The van der Waals surface area contributed by atoms with Gasteiger partial charge in [0.15, 0.2) is 5.78 Å². The van der Waals surface area contributed by atoms with Gasteiger partial charge in [0.25, 0.3) is 0 Å². The molecule has 1 rings (SSSR count). The Kier molecular flexibility index (Phi) is 3.83. The molecule has 0 saturated heterocycles. The lowest BCUT2D eigenvalue weighted by Gasteiger charge is -1.99. The van der Waals surface area contributed by atoms with E-state index in [2.05, 4.69) is 4.74 Å². The molecule has 1 aromatic carbocycles. The quantitative estimate of drug-likeness (QED) is 0.365. The van der Waals surface area contributed by atoms with Crippen LogP contribution in [0, 0.1) is 6.92 Å². The van der Waals surface area contributed by atoms with Crippen LogP contribution in [0.15, 0.2) is 36.1 Å². The number of esters is 1. The van der Waals surface area contributed by atoms with Gasteiger partial charge >= 0.3 is 5.97 Å². The standard InChI is InChI=1S/C12H12O4/c1-8-4-3-5-9(6-8)10(13)7-11(14)12(15)16-2/h3-7,14H,1-2H3/b11-7-. The molecule has 0 heterocycles. The summed E-state index contributed by atoms with van der Waals surface area (Å²) in [5.41, 5.74) is 1.34. The maximum atomic E-state index is 11.6. The van der Waals surface area contributed by atoms with Crippen molar-refractivity contribution in [3.63, 3.8) is 0 Å². The number of carbonyl (C=O) groups is 2. The van der Waals surface area contributed by atoms with Crippen molar-refractivity contribution in [1.82, 2.24) is 0 Å². The molecule has 0 radical (unpaired) electrons. The van der Waals surface area contributed by atoms with Crippen LogP contribution in [0.5, 0.6) is 0 Å². The molecule has 0 aliphatic carbocycles. The van der Waals surface area contributed by atoms with Gasteiger partial charge in [-0.3, -0.25) is 4.79 Å². The Bertz CT molecular complexity index is 446. The van der Waals surface area contributed by atoms with Gasteiger partial charge in [0.05, 0.1) is 7.11 Å². The first-order chi connectivity index (χ1) is 7.54. The second-order valence-corrected chi connectivity index (χ2v) is 3.25. The van der Waals surface area contributed by atoms with E-state index in [9.17, 15) is 14.7 Å². The smallest absolute Gasteiger partial charge is 0.373 e. The van der Waals surface area contributed by atoms with Crippen LogP contribution in [0.25, 0.3) is 0 Å². The molecule has 0 spiro atoms. The molecule has 4 heteroatoms. The van der Waals surface area contributed by atoms with Gasteiger partial charge < -0.3 is 9.84 Å². The molecule has 0 bridgehead atoms. The molecule has 0 aromatic heterocycles.